The Labute approximate surface area is 106 Å². The van der Waals surface area contributed by atoms with Gasteiger partial charge in [-0.05, 0) is 36.6 Å². The van der Waals surface area contributed by atoms with Crippen LogP contribution >= 0.6 is 11.6 Å². The molecule has 0 aliphatic rings. The second-order valence-electron chi connectivity index (χ2n) is 3.58. The number of hydrogen-bond acceptors (Lipinski definition) is 3. The van der Waals surface area contributed by atoms with Crippen molar-refractivity contribution in [1.82, 2.24) is 5.32 Å². The predicted octanol–water partition coefficient (Wildman–Crippen LogP) is 2.56. The van der Waals surface area contributed by atoms with E-state index in [9.17, 15) is 4.79 Å². The van der Waals surface area contributed by atoms with Gasteiger partial charge in [0.15, 0.2) is 0 Å². The Balaban J connectivity index is 2.72. The molecular weight excluding hydrogens is 242 g/mol. The van der Waals surface area contributed by atoms with Gasteiger partial charge in [-0.1, -0.05) is 11.6 Å². The van der Waals surface area contributed by atoms with Gasteiger partial charge in [-0.2, -0.15) is 0 Å². The van der Waals surface area contributed by atoms with Gasteiger partial charge >= 0.3 is 6.09 Å². The molecule has 1 rings (SSSR count). The highest BCUT2D eigenvalue weighted by Gasteiger charge is 2.08. The number of nitrogens with one attached hydrogen (secondary N) is 1. The first-order chi connectivity index (χ1) is 8.08. The molecule has 1 N–H and O–H groups in total. The second-order valence-corrected chi connectivity index (χ2v) is 4.02. The number of aryl methyl sites for hydroxylation is 1. The number of hydrogen-bond donors (Lipinski definition) is 1. The van der Waals surface area contributed by atoms with E-state index in [1.54, 1.807) is 7.11 Å². The van der Waals surface area contributed by atoms with E-state index < -0.39 is 6.09 Å². The fraction of sp³-hybridized carbons (Fsp3) is 0.417. The fourth-order valence-corrected chi connectivity index (χ4v) is 1.94. The summed E-state index contributed by atoms with van der Waals surface area (Å²) in [5.41, 5.74) is 1.95. The zero-order valence-corrected chi connectivity index (χ0v) is 10.9. The van der Waals surface area contributed by atoms with Crippen LogP contribution in [-0.2, 0) is 11.2 Å². The van der Waals surface area contributed by atoms with E-state index in [2.05, 4.69) is 10.1 Å². The van der Waals surface area contributed by atoms with Crippen LogP contribution in [0.5, 0.6) is 5.75 Å². The summed E-state index contributed by atoms with van der Waals surface area (Å²) in [6.45, 7) is 2.41. The van der Waals surface area contributed by atoms with Gasteiger partial charge in [-0.25, -0.2) is 4.79 Å². The van der Waals surface area contributed by atoms with E-state index in [1.807, 2.05) is 19.1 Å². The number of amides is 1. The van der Waals surface area contributed by atoms with Crippen molar-refractivity contribution < 1.29 is 14.3 Å². The number of ether oxygens (including phenoxy) is 2. The van der Waals surface area contributed by atoms with E-state index in [0.29, 0.717) is 18.0 Å². The summed E-state index contributed by atoms with van der Waals surface area (Å²) in [6.07, 6.45) is 0.197. The van der Waals surface area contributed by atoms with Crippen molar-refractivity contribution >= 4 is 17.7 Å². The molecule has 0 aliphatic heterocycles. The van der Waals surface area contributed by atoms with Gasteiger partial charge in [0, 0.05) is 11.6 Å². The van der Waals surface area contributed by atoms with Crippen LogP contribution in [0.1, 0.15) is 11.1 Å². The molecule has 0 heterocycles. The van der Waals surface area contributed by atoms with Crippen molar-refractivity contribution in [2.45, 2.75) is 13.3 Å². The maximum atomic E-state index is 10.9. The SMILES string of the molecule is COC(=O)NCCc1cc(Cl)cc(C)c1OC. The smallest absolute Gasteiger partial charge is 0.406 e. The Hall–Kier alpha value is -1.42. The summed E-state index contributed by atoms with van der Waals surface area (Å²) in [5.74, 6) is 0.807. The molecule has 0 atom stereocenters. The number of methoxy groups -OCH3 is 2. The molecule has 1 aromatic carbocycles. The first-order valence-corrected chi connectivity index (χ1v) is 5.61. The Morgan fingerprint density at radius 3 is 2.71 bits per heavy atom. The molecule has 5 heteroatoms. The number of alkyl carbamates (subject to hydrolysis) is 1. The van der Waals surface area contributed by atoms with Crippen LogP contribution in [-0.4, -0.2) is 26.9 Å². The summed E-state index contributed by atoms with van der Waals surface area (Å²) in [6, 6.07) is 3.68. The zero-order chi connectivity index (χ0) is 12.8. The molecule has 0 radical (unpaired) electrons. The number of benzene rings is 1. The quantitative estimate of drug-likeness (QED) is 0.902. The van der Waals surface area contributed by atoms with E-state index in [-0.39, 0.29) is 0 Å². The normalized spacial score (nSPS) is 9.88. The molecule has 0 bridgehead atoms. The highest BCUT2D eigenvalue weighted by Crippen LogP contribution is 2.27. The Morgan fingerprint density at radius 2 is 2.12 bits per heavy atom. The van der Waals surface area contributed by atoms with Crippen molar-refractivity contribution in [1.29, 1.82) is 0 Å². The summed E-state index contributed by atoms with van der Waals surface area (Å²) in [7, 11) is 2.95. The highest BCUT2D eigenvalue weighted by molar-refractivity contribution is 6.30. The number of rotatable bonds is 4. The van der Waals surface area contributed by atoms with Crippen LogP contribution in [0.2, 0.25) is 5.02 Å². The molecule has 0 saturated carbocycles. The van der Waals surface area contributed by atoms with Crippen LogP contribution < -0.4 is 10.1 Å². The van der Waals surface area contributed by atoms with Gasteiger partial charge in [0.05, 0.1) is 14.2 Å². The predicted molar refractivity (Wildman–Crippen MR) is 66.9 cm³/mol. The van der Waals surface area contributed by atoms with Gasteiger partial charge < -0.3 is 14.8 Å². The Kier molecular flexibility index (Phi) is 5.10. The molecule has 4 nitrogen and oxygen atoms in total. The molecule has 0 aliphatic carbocycles. The van der Waals surface area contributed by atoms with Gasteiger partial charge in [-0.15, -0.1) is 0 Å². The summed E-state index contributed by atoms with van der Waals surface area (Å²) in [5, 5.41) is 3.27. The molecule has 0 aromatic heterocycles. The third-order valence-electron chi connectivity index (χ3n) is 2.37. The second kappa shape index (κ2) is 6.35. The maximum Gasteiger partial charge on any atom is 0.406 e. The van der Waals surface area contributed by atoms with Crippen LogP contribution in [0.3, 0.4) is 0 Å². The van der Waals surface area contributed by atoms with Crippen molar-refractivity contribution in [3.05, 3.63) is 28.3 Å². The molecule has 94 valence electrons. The molecule has 0 saturated heterocycles. The van der Waals surface area contributed by atoms with Gasteiger partial charge in [-0.3, -0.25) is 0 Å². The first-order valence-electron chi connectivity index (χ1n) is 5.23. The molecular formula is C12H16ClNO3. The van der Waals surface area contributed by atoms with Crippen molar-refractivity contribution in [2.24, 2.45) is 0 Å². The van der Waals surface area contributed by atoms with E-state index in [0.717, 1.165) is 16.9 Å². The maximum absolute atomic E-state index is 10.9. The number of halogens is 1. The molecule has 17 heavy (non-hydrogen) atoms. The lowest BCUT2D eigenvalue weighted by Gasteiger charge is -2.12. The fourth-order valence-electron chi connectivity index (χ4n) is 1.65. The summed E-state index contributed by atoms with van der Waals surface area (Å²) in [4.78, 5) is 10.9. The molecule has 1 aromatic rings. The Morgan fingerprint density at radius 1 is 1.41 bits per heavy atom. The van der Waals surface area contributed by atoms with Gasteiger partial charge in [0.1, 0.15) is 5.75 Å². The minimum absolute atomic E-state index is 0.442. The lowest BCUT2D eigenvalue weighted by Crippen LogP contribution is -2.25. The molecule has 0 spiro atoms. The molecule has 0 unspecified atom stereocenters. The third kappa shape index (κ3) is 3.82. The first kappa shape index (κ1) is 13.6. The van der Waals surface area contributed by atoms with E-state index in [4.69, 9.17) is 16.3 Å². The van der Waals surface area contributed by atoms with Gasteiger partial charge in [0.2, 0.25) is 0 Å². The van der Waals surface area contributed by atoms with Crippen molar-refractivity contribution in [3.63, 3.8) is 0 Å². The van der Waals surface area contributed by atoms with E-state index >= 15 is 0 Å². The largest absolute Gasteiger partial charge is 0.496 e. The number of carbonyl (C=O) groups is 1. The summed E-state index contributed by atoms with van der Waals surface area (Å²) >= 11 is 5.98. The van der Waals surface area contributed by atoms with Crippen molar-refractivity contribution in [3.8, 4) is 5.75 Å². The lowest BCUT2D eigenvalue weighted by atomic mass is 10.1. The zero-order valence-electron chi connectivity index (χ0n) is 10.2. The monoisotopic (exact) mass is 257 g/mol. The van der Waals surface area contributed by atoms with Gasteiger partial charge in [0.25, 0.3) is 0 Å². The van der Waals surface area contributed by atoms with Crippen molar-refractivity contribution in [2.75, 3.05) is 20.8 Å². The Bertz CT molecular complexity index is 407. The minimum Gasteiger partial charge on any atom is -0.496 e. The minimum atomic E-state index is -0.442. The molecule has 0 fully saturated rings. The highest BCUT2D eigenvalue weighted by atomic mass is 35.5. The van der Waals surface area contributed by atoms with E-state index in [1.165, 1.54) is 7.11 Å². The molecule has 1 amide bonds. The summed E-state index contributed by atoms with van der Waals surface area (Å²) < 4.78 is 9.80. The average molecular weight is 258 g/mol. The average Bonchev–Trinajstić information content (AvgIpc) is 2.28. The number of carbonyl (C=O) groups excluding carboxylic acids is 1. The standard InChI is InChI=1S/C12H16ClNO3/c1-8-6-10(13)7-9(11(8)16-2)4-5-14-12(15)17-3/h6-7H,4-5H2,1-3H3,(H,14,15). The van der Waals surface area contributed by atoms with Crippen LogP contribution in [0.15, 0.2) is 12.1 Å². The lowest BCUT2D eigenvalue weighted by molar-refractivity contribution is 0.171. The van der Waals surface area contributed by atoms with Crippen LogP contribution in [0, 0.1) is 6.92 Å². The van der Waals surface area contributed by atoms with Crippen LogP contribution in [0.25, 0.3) is 0 Å². The third-order valence-corrected chi connectivity index (χ3v) is 2.59. The van der Waals surface area contributed by atoms with Crippen LogP contribution in [0.4, 0.5) is 4.79 Å². The topological polar surface area (TPSA) is 47.6 Å².